The molecular weight excluding hydrogens is 222 g/mol. The predicted molar refractivity (Wildman–Crippen MR) is 78.0 cm³/mol. The third-order valence-corrected chi connectivity index (χ3v) is 4.61. The van der Waals surface area contributed by atoms with Crippen LogP contribution in [0.4, 0.5) is 0 Å². The summed E-state index contributed by atoms with van der Waals surface area (Å²) in [5.74, 6) is 0. The molecule has 2 aliphatic rings. The molecular formula is C15H31N3. The molecule has 3 heteroatoms. The van der Waals surface area contributed by atoms with Crippen LogP contribution >= 0.6 is 0 Å². The highest BCUT2D eigenvalue weighted by Crippen LogP contribution is 2.18. The SMILES string of the molecule is CCC1CCCCCN1CCN1CCCNCC1. The highest BCUT2D eigenvalue weighted by Gasteiger charge is 2.19. The first-order valence-corrected chi connectivity index (χ1v) is 8.07. The van der Waals surface area contributed by atoms with Crippen LogP contribution in [0, 0.1) is 0 Å². The van der Waals surface area contributed by atoms with Crippen LogP contribution in [0.1, 0.15) is 45.4 Å². The van der Waals surface area contributed by atoms with Crippen molar-refractivity contribution < 1.29 is 0 Å². The number of hydrogen-bond acceptors (Lipinski definition) is 3. The number of hydrogen-bond donors (Lipinski definition) is 1. The molecule has 0 spiro atoms. The molecule has 2 rings (SSSR count). The van der Waals surface area contributed by atoms with E-state index in [4.69, 9.17) is 0 Å². The van der Waals surface area contributed by atoms with Crippen molar-refractivity contribution >= 4 is 0 Å². The van der Waals surface area contributed by atoms with Crippen molar-refractivity contribution in [2.75, 3.05) is 45.8 Å². The Bertz CT molecular complexity index is 212. The molecule has 0 aliphatic carbocycles. The Hall–Kier alpha value is -0.120. The van der Waals surface area contributed by atoms with Crippen LogP contribution in [-0.4, -0.2) is 61.7 Å². The van der Waals surface area contributed by atoms with E-state index in [1.807, 2.05) is 0 Å². The Labute approximate surface area is 113 Å². The van der Waals surface area contributed by atoms with Crippen LogP contribution in [0.3, 0.4) is 0 Å². The second-order valence-electron chi connectivity index (χ2n) is 5.89. The van der Waals surface area contributed by atoms with Gasteiger partial charge in [-0.15, -0.1) is 0 Å². The lowest BCUT2D eigenvalue weighted by Crippen LogP contribution is -2.41. The van der Waals surface area contributed by atoms with Gasteiger partial charge in [-0.3, -0.25) is 4.90 Å². The maximum atomic E-state index is 3.49. The topological polar surface area (TPSA) is 18.5 Å². The first-order chi connectivity index (χ1) is 8.90. The van der Waals surface area contributed by atoms with Crippen molar-refractivity contribution in [1.82, 2.24) is 15.1 Å². The van der Waals surface area contributed by atoms with Gasteiger partial charge < -0.3 is 10.2 Å². The molecule has 0 amide bonds. The number of nitrogens with one attached hydrogen (secondary N) is 1. The van der Waals surface area contributed by atoms with Gasteiger partial charge in [-0.05, 0) is 45.3 Å². The number of rotatable bonds is 4. The monoisotopic (exact) mass is 253 g/mol. The summed E-state index contributed by atoms with van der Waals surface area (Å²) in [4.78, 5) is 5.42. The number of nitrogens with zero attached hydrogens (tertiary/aromatic N) is 2. The summed E-state index contributed by atoms with van der Waals surface area (Å²) in [6, 6.07) is 0.859. The minimum absolute atomic E-state index is 0.859. The normalized spacial score (nSPS) is 28.8. The molecule has 106 valence electrons. The Morgan fingerprint density at radius 3 is 2.78 bits per heavy atom. The van der Waals surface area contributed by atoms with E-state index in [0.717, 1.165) is 6.04 Å². The molecule has 0 saturated carbocycles. The van der Waals surface area contributed by atoms with Gasteiger partial charge in [0.2, 0.25) is 0 Å². The van der Waals surface area contributed by atoms with E-state index in [1.165, 1.54) is 84.3 Å². The van der Waals surface area contributed by atoms with E-state index >= 15 is 0 Å². The summed E-state index contributed by atoms with van der Waals surface area (Å²) >= 11 is 0. The minimum atomic E-state index is 0.859. The van der Waals surface area contributed by atoms with Crippen LogP contribution < -0.4 is 5.32 Å². The highest BCUT2D eigenvalue weighted by atomic mass is 15.2. The lowest BCUT2D eigenvalue weighted by atomic mass is 10.1. The van der Waals surface area contributed by atoms with Crippen molar-refractivity contribution in [3.8, 4) is 0 Å². The molecule has 0 radical (unpaired) electrons. The zero-order chi connectivity index (χ0) is 12.6. The summed E-state index contributed by atoms with van der Waals surface area (Å²) in [6.07, 6.45) is 8.39. The van der Waals surface area contributed by atoms with E-state index in [2.05, 4.69) is 22.0 Å². The molecule has 0 aromatic heterocycles. The Morgan fingerprint density at radius 2 is 1.89 bits per heavy atom. The first kappa shape index (κ1) is 14.3. The van der Waals surface area contributed by atoms with Crippen LogP contribution in [0.25, 0.3) is 0 Å². The molecule has 1 unspecified atom stereocenters. The minimum Gasteiger partial charge on any atom is -0.315 e. The quantitative estimate of drug-likeness (QED) is 0.826. The summed E-state index contributed by atoms with van der Waals surface area (Å²) in [6.45, 7) is 11.2. The second-order valence-corrected chi connectivity index (χ2v) is 5.89. The maximum Gasteiger partial charge on any atom is 0.0112 e. The Morgan fingerprint density at radius 1 is 0.944 bits per heavy atom. The summed E-state index contributed by atoms with van der Waals surface area (Å²) in [5.41, 5.74) is 0. The van der Waals surface area contributed by atoms with Gasteiger partial charge in [0.15, 0.2) is 0 Å². The van der Waals surface area contributed by atoms with E-state index in [0.29, 0.717) is 0 Å². The van der Waals surface area contributed by atoms with Crippen molar-refractivity contribution in [1.29, 1.82) is 0 Å². The zero-order valence-electron chi connectivity index (χ0n) is 12.2. The van der Waals surface area contributed by atoms with Crippen LogP contribution in [-0.2, 0) is 0 Å². The van der Waals surface area contributed by atoms with Crippen LogP contribution in [0.5, 0.6) is 0 Å². The zero-order valence-corrected chi connectivity index (χ0v) is 12.2. The molecule has 1 N–H and O–H groups in total. The fraction of sp³-hybridized carbons (Fsp3) is 1.00. The van der Waals surface area contributed by atoms with Gasteiger partial charge in [0.25, 0.3) is 0 Å². The predicted octanol–water partition coefficient (Wildman–Crippen LogP) is 1.94. The Balaban J connectivity index is 1.75. The smallest absolute Gasteiger partial charge is 0.0112 e. The van der Waals surface area contributed by atoms with Crippen molar-refractivity contribution in [3.05, 3.63) is 0 Å². The van der Waals surface area contributed by atoms with Gasteiger partial charge in [-0.25, -0.2) is 0 Å². The van der Waals surface area contributed by atoms with Crippen LogP contribution in [0.2, 0.25) is 0 Å². The molecule has 1 atom stereocenters. The van der Waals surface area contributed by atoms with Crippen molar-refractivity contribution in [2.45, 2.75) is 51.5 Å². The average molecular weight is 253 g/mol. The summed E-state index contributed by atoms with van der Waals surface area (Å²) in [7, 11) is 0. The van der Waals surface area contributed by atoms with E-state index in [1.54, 1.807) is 0 Å². The molecule has 2 fully saturated rings. The molecule has 2 saturated heterocycles. The van der Waals surface area contributed by atoms with Gasteiger partial charge in [0.1, 0.15) is 0 Å². The van der Waals surface area contributed by atoms with Crippen LogP contribution in [0.15, 0.2) is 0 Å². The number of likely N-dealkylation sites (tertiary alicyclic amines) is 1. The standard InChI is InChI=1S/C15H31N3/c1-2-15-7-4-3-5-11-18(15)14-13-17-10-6-8-16-9-12-17/h15-16H,2-14H2,1H3. The second kappa shape index (κ2) is 8.13. The fourth-order valence-electron chi connectivity index (χ4n) is 3.39. The highest BCUT2D eigenvalue weighted by molar-refractivity contribution is 4.76. The van der Waals surface area contributed by atoms with E-state index in [9.17, 15) is 0 Å². The summed E-state index contributed by atoms with van der Waals surface area (Å²) in [5, 5.41) is 3.49. The molecule has 2 aliphatic heterocycles. The fourth-order valence-corrected chi connectivity index (χ4v) is 3.39. The maximum absolute atomic E-state index is 3.49. The van der Waals surface area contributed by atoms with Gasteiger partial charge in [-0.2, -0.15) is 0 Å². The van der Waals surface area contributed by atoms with Crippen molar-refractivity contribution in [3.63, 3.8) is 0 Å². The molecule has 0 bridgehead atoms. The molecule has 0 aromatic rings. The Kier molecular flexibility index (Phi) is 6.46. The molecule has 2 heterocycles. The van der Waals surface area contributed by atoms with Gasteiger partial charge in [0.05, 0.1) is 0 Å². The third-order valence-electron chi connectivity index (χ3n) is 4.61. The largest absolute Gasteiger partial charge is 0.315 e. The first-order valence-electron chi connectivity index (χ1n) is 8.07. The third kappa shape index (κ3) is 4.52. The van der Waals surface area contributed by atoms with Gasteiger partial charge >= 0.3 is 0 Å². The molecule has 18 heavy (non-hydrogen) atoms. The van der Waals surface area contributed by atoms with E-state index < -0.39 is 0 Å². The molecule has 3 nitrogen and oxygen atoms in total. The van der Waals surface area contributed by atoms with Gasteiger partial charge in [0, 0.05) is 32.2 Å². The van der Waals surface area contributed by atoms with Gasteiger partial charge in [-0.1, -0.05) is 19.8 Å². The van der Waals surface area contributed by atoms with Crippen molar-refractivity contribution in [2.24, 2.45) is 0 Å². The average Bonchev–Trinajstić information content (AvgIpc) is 2.78. The lowest BCUT2D eigenvalue weighted by Gasteiger charge is -2.31. The molecule has 0 aromatic carbocycles. The summed E-state index contributed by atoms with van der Waals surface area (Å²) < 4.78 is 0. The van der Waals surface area contributed by atoms with E-state index in [-0.39, 0.29) is 0 Å². The lowest BCUT2D eigenvalue weighted by molar-refractivity contribution is 0.161.